The molecule has 0 atom stereocenters. The summed E-state index contributed by atoms with van der Waals surface area (Å²) in [5.41, 5.74) is 2.12. The fourth-order valence-electron chi connectivity index (χ4n) is 1.68. The first-order valence-corrected chi connectivity index (χ1v) is 6.81. The summed E-state index contributed by atoms with van der Waals surface area (Å²) >= 11 is 0. The molecule has 0 radical (unpaired) electrons. The molecule has 1 amide bonds. The normalized spacial score (nSPS) is 10.4. The van der Waals surface area contributed by atoms with Gasteiger partial charge >= 0.3 is 0 Å². The quantitative estimate of drug-likeness (QED) is 0.858. The molecule has 0 bridgehead atoms. The maximum atomic E-state index is 11.6. The number of anilines is 1. The summed E-state index contributed by atoms with van der Waals surface area (Å²) in [4.78, 5) is 13.7. The summed E-state index contributed by atoms with van der Waals surface area (Å²) in [5, 5.41) is 2.82. The molecule has 0 spiro atoms. The van der Waals surface area contributed by atoms with Crippen LogP contribution in [0.15, 0.2) is 24.3 Å². The Balaban J connectivity index is 2.45. The maximum absolute atomic E-state index is 11.6. The van der Waals surface area contributed by atoms with Crippen LogP contribution in [-0.2, 0) is 4.79 Å². The summed E-state index contributed by atoms with van der Waals surface area (Å²) in [7, 11) is 4.01. The molecule has 0 aliphatic rings. The van der Waals surface area contributed by atoms with E-state index >= 15 is 0 Å². The Bertz CT molecular complexity index is 499. The number of nitrogens with one attached hydrogen (secondary N) is 1. The highest BCUT2D eigenvalue weighted by Gasteiger charge is 2.14. The zero-order valence-corrected chi connectivity index (χ0v) is 13.1. The molecule has 1 N–H and O–H groups in total. The van der Waals surface area contributed by atoms with E-state index in [1.165, 1.54) is 0 Å². The summed E-state index contributed by atoms with van der Waals surface area (Å²) in [6.07, 6.45) is 0.520. The van der Waals surface area contributed by atoms with Gasteiger partial charge in [-0.05, 0) is 29.7 Å². The van der Waals surface area contributed by atoms with Crippen molar-refractivity contribution >= 4 is 11.6 Å². The van der Waals surface area contributed by atoms with E-state index in [0.717, 1.165) is 11.3 Å². The van der Waals surface area contributed by atoms with E-state index in [1.54, 1.807) is 0 Å². The molecule has 0 saturated carbocycles. The van der Waals surface area contributed by atoms with Gasteiger partial charge in [-0.2, -0.15) is 0 Å². The van der Waals surface area contributed by atoms with Crippen molar-refractivity contribution in [3.63, 3.8) is 0 Å². The van der Waals surface area contributed by atoms with Gasteiger partial charge in [-0.25, -0.2) is 0 Å². The first kappa shape index (κ1) is 16.1. The molecule has 0 aromatic heterocycles. The van der Waals surface area contributed by atoms with E-state index in [-0.39, 0.29) is 11.3 Å². The molecule has 0 aliphatic carbocycles. The average Bonchev–Trinajstić information content (AvgIpc) is 2.33. The summed E-state index contributed by atoms with van der Waals surface area (Å²) in [6.45, 7) is 6.53. The smallest absolute Gasteiger partial charge is 0.221 e. The molecule has 0 aliphatic heterocycles. The minimum atomic E-state index is 0.0134. The van der Waals surface area contributed by atoms with Crippen LogP contribution < -0.4 is 10.2 Å². The lowest BCUT2D eigenvalue weighted by atomic mass is 9.92. The number of hydrogen-bond acceptors (Lipinski definition) is 2. The maximum Gasteiger partial charge on any atom is 0.221 e. The van der Waals surface area contributed by atoms with Crippen molar-refractivity contribution in [3.8, 4) is 11.8 Å². The molecule has 108 valence electrons. The molecular formula is C17H24N2O. The molecule has 0 saturated heterocycles. The third kappa shape index (κ3) is 6.29. The Morgan fingerprint density at radius 2 is 1.80 bits per heavy atom. The summed E-state index contributed by atoms with van der Waals surface area (Å²) in [6, 6.07) is 8.03. The molecular weight excluding hydrogens is 248 g/mol. The van der Waals surface area contributed by atoms with Gasteiger partial charge in [0.05, 0.1) is 6.54 Å². The number of hydrogen-bond donors (Lipinski definition) is 1. The van der Waals surface area contributed by atoms with Crippen molar-refractivity contribution in [2.45, 2.75) is 27.2 Å². The van der Waals surface area contributed by atoms with E-state index in [1.807, 2.05) is 64.0 Å². The Labute approximate surface area is 122 Å². The van der Waals surface area contributed by atoms with Crippen molar-refractivity contribution in [1.29, 1.82) is 0 Å². The second-order valence-corrected chi connectivity index (χ2v) is 6.26. The molecule has 3 nitrogen and oxygen atoms in total. The standard InChI is InChI=1S/C17H24N2O/c1-17(2,3)13-16(20)18-12-6-7-14-8-10-15(11-9-14)19(4)5/h8-11H,12-13H2,1-5H3,(H,18,20). The van der Waals surface area contributed by atoms with Crippen LogP contribution >= 0.6 is 0 Å². The molecule has 1 aromatic rings. The van der Waals surface area contributed by atoms with Crippen LogP contribution in [0.4, 0.5) is 5.69 Å². The Hall–Kier alpha value is -1.95. The highest BCUT2D eigenvalue weighted by molar-refractivity contribution is 5.76. The zero-order valence-electron chi connectivity index (χ0n) is 13.1. The van der Waals surface area contributed by atoms with Gasteiger partial charge in [0.2, 0.25) is 5.91 Å². The van der Waals surface area contributed by atoms with Crippen molar-refractivity contribution < 1.29 is 4.79 Å². The van der Waals surface area contributed by atoms with Crippen molar-refractivity contribution in [3.05, 3.63) is 29.8 Å². The second-order valence-electron chi connectivity index (χ2n) is 6.26. The fraction of sp³-hybridized carbons (Fsp3) is 0.471. The van der Waals surface area contributed by atoms with E-state index in [0.29, 0.717) is 13.0 Å². The minimum absolute atomic E-state index is 0.0134. The second kappa shape index (κ2) is 7.00. The molecule has 0 unspecified atom stereocenters. The van der Waals surface area contributed by atoms with Gasteiger partial charge in [0.25, 0.3) is 0 Å². The number of rotatable bonds is 3. The van der Waals surface area contributed by atoms with Crippen molar-refractivity contribution in [2.24, 2.45) is 5.41 Å². The number of carbonyl (C=O) groups is 1. The molecule has 3 heteroatoms. The number of amides is 1. The van der Waals surface area contributed by atoms with Gasteiger partial charge in [-0.1, -0.05) is 32.6 Å². The SMILES string of the molecule is CN(C)c1ccc(C#CCNC(=O)CC(C)(C)C)cc1. The highest BCUT2D eigenvalue weighted by atomic mass is 16.1. The first-order chi connectivity index (χ1) is 9.28. The topological polar surface area (TPSA) is 32.3 Å². The molecule has 20 heavy (non-hydrogen) atoms. The number of benzene rings is 1. The Morgan fingerprint density at radius 1 is 1.20 bits per heavy atom. The van der Waals surface area contributed by atoms with E-state index < -0.39 is 0 Å². The zero-order chi connectivity index (χ0) is 15.2. The van der Waals surface area contributed by atoms with E-state index in [2.05, 4.69) is 17.2 Å². The van der Waals surface area contributed by atoms with Crippen LogP contribution in [0, 0.1) is 17.3 Å². The highest BCUT2D eigenvalue weighted by Crippen LogP contribution is 2.17. The number of nitrogens with zero attached hydrogens (tertiary/aromatic N) is 1. The van der Waals surface area contributed by atoms with E-state index in [9.17, 15) is 4.79 Å². The first-order valence-electron chi connectivity index (χ1n) is 6.81. The van der Waals surface area contributed by atoms with Gasteiger partial charge in [-0.3, -0.25) is 4.79 Å². The van der Waals surface area contributed by atoms with Gasteiger partial charge in [0.1, 0.15) is 0 Å². The van der Waals surface area contributed by atoms with Gasteiger partial charge in [0.15, 0.2) is 0 Å². The average molecular weight is 272 g/mol. The summed E-state index contributed by atoms with van der Waals surface area (Å²) in [5.74, 6) is 6.07. The van der Waals surface area contributed by atoms with Gasteiger partial charge in [0, 0.05) is 31.8 Å². The fourth-order valence-corrected chi connectivity index (χ4v) is 1.68. The van der Waals surface area contributed by atoms with E-state index in [4.69, 9.17) is 0 Å². The van der Waals surface area contributed by atoms with Crippen LogP contribution in [0.2, 0.25) is 0 Å². The Kier molecular flexibility index (Phi) is 5.64. The van der Waals surface area contributed by atoms with Crippen LogP contribution in [0.5, 0.6) is 0 Å². The van der Waals surface area contributed by atoms with Gasteiger partial charge < -0.3 is 10.2 Å². The monoisotopic (exact) mass is 272 g/mol. The predicted molar refractivity (Wildman–Crippen MR) is 84.7 cm³/mol. The lowest BCUT2D eigenvalue weighted by Crippen LogP contribution is -2.27. The van der Waals surface area contributed by atoms with Crippen LogP contribution in [-0.4, -0.2) is 26.5 Å². The number of carbonyl (C=O) groups excluding carboxylic acids is 1. The molecule has 0 heterocycles. The van der Waals surface area contributed by atoms with Gasteiger partial charge in [-0.15, -0.1) is 0 Å². The Morgan fingerprint density at radius 3 is 2.30 bits per heavy atom. The van der Waals surface area contributed by atoms with Crippen molar-refractivity contribution in [2.75, 3.05) is 25.5 Å². The molecule has 1 rings (SSSR count). The lowest BCUT2D eigenvalue weighted by molar-refractivity contribution is -0.122. The third-order valence-electron chi connectivity index (χ3n) is 2.68. The third-order valence-corrected chi connectivity index (χ3v) is 2.68. The minimum Gasteiger partial charge on any atom is -0.378 e. The molecule has 1 aromatic carbocycles. The van der Waals surface area contributed by atoms with Crippen LogP contribution in [0.25, 0.3) is 0 Å². The molecule has 0 fully saturated rings. The lowest BCUT2D eigenvalue weighted by Gasteiger charge is -2.16. The largest absolute Gasteiger partial charge is 0.378 e. The summed E-state index contributed by atoms with van der Waals surface area (Å²) < 4.78 is 0. The van der Waals surface area contributed by atoms with Crippen LogP contribution in [0.1, 0.15) is 32.8 Å². The van der Waals surface area contributed by atoms with Crippen molar-refractivity contribution in [1.82, 2.24) is 5.32 Å². The van der Waals surface area contributed by atoms with Crippen LogP contribution in [0.3, 0.4) is 0 Å². The predicted octanol–water partition coefficient (Wildman–Crippen LogP) is 2.66.